The second kappa shape index (κ2) is 9.54. The number of para-hydroxylation sites is 1. The Kier molecular flexibility index (Phi) is 6.84. The van der Waals surface area contributed by atoms with E-state index in [-0.39, 0.29) is 12.3 Å². The summed E-state index contributed by atoms with van der Waals surface area (Å²) in [4.78, 5) is 24.3. The summed E-state index contributed by atoms with van der Waals surface area (Å²) in [5, 5.41) is 4.10. The van der Waals surface area contributed by atoms with Crippen LogP contribution >= 0.6 is 15.9 Å². The Balaban J connectivity index is 1.77. The fraction of sp³-hybridized carbons (Fsp3) is 0.174. The number of benzene rings is 2. The molecular formula is C23H22BrN3O3. The van der Waals surface area contributed by atoms with Crippen LogP contribution in [0, 0.1) is 13.8 Å². The highest BCUT2D eigenvalue weighted by atomic mass is 79.9. The van der Waals surface area contributed by atoms with Gasteiger partial charge in [0.05, 0.1) is 31.0 Å². The normalized spacial score (nSPS) is 10.9. The molecule has 0 spiro atoms. The molecule has 0 radical (unpaired) electrons. The molecule has 0 saturated heterocycles. The van der Waals surface area contributed by atoms with Gasteiger partial charge in [-0.1, -0.05) is 40.2 Å². The third-order valence-electron chi connectivity index (χ3n) is 4.69. The van der Waals surface area contributed by atoms with Gasteiger partial charge in [-0.3, -0.25) is 4.79 Å². The Bertz CT molecular complexity index is 1100. The molecule has 0 aliphatic heterocycles. The molecule has 3 rings (SSSR count). The van der Waals surface area contributed by atoms with Crippen molar-refractivity contribution < 1.29 is 14.3 Å². The molecule has 1 heterocycles. The first-order valence-electron chi connectivity index (χ1n) is 9.33. The van der Waals surface area contributed by atoms with Crippen LogP contribution in [0.25, 0.3) is 5.69 Å². The summed E-state index contributed by atoms with van der Waals surface area (Å²) in [5.41, 5.74) is 7.36. The van der Waals surface area contributed by atoms with Gasteiger partial charge in [0, 0.05) is 21.4 Å². The number of esters is 1. The number of nitrogens with one attached hydrogen (secondary N) is 1. The lowest BCUT2D eigenvalue weighted by Gasteiger charge is -2.13. The fourth-order valence-electron chi connectivity index (χ4n) is 3.24. The molecule has 1 amide bonds. The lowest BCUT2D eigenvalue weighted by Crippen LogP contribution is -2.19. The van der Waals surface area contributed by atoms with E-state index in [2.05, 4.69) is 26.5 Å². The van der Waals surface area contributed by atoms with Crippen LogP contribution in [0.15, 0.2) is 64.2 Å². The van der Waals surface area contributed by atoms with E-state index in [1.54, 1.807) is 18.3 Å². The predicted molar refractivity (Wildman–Crippen MR) is 120 cm³/mol. The second-order valence-corrected chi connectivity index (χ2v) is 7.68. The first-order valence-corrected chi connectivity index (χ1v) is 10.1. The number of methoxy groups -OCH3 is 1. The first-order chi connectivity index (χ1) is 14.4. The van der Waals surface area contributed by atoms with E-state index < -0.39 is 5.97 Å². The molecule has 30 heavy (non-hydrogen) atoms. The highest BCUT2D eigenvalue weighted by Crippen LogP contribution is 2.23. The number of hydrazone groups is 1. The van der Waals surface area contributed by atoms with E-state index in [0.29, 0.717) is 5.56 Å². The van der Waals surface area contributed by atoms with Gasteiger partial charge in [0.1, 0.15) is 0 Å². The van der Waals surface area contributed by atoms with E-state index in [1.165, 1.54) is 7.11 Å². The Morgan fingerprint density at radius 3 is 2.53 bits per heavy atom. The maximum atomic E-state index is 12.1. The van der Waals surface area contributed by atoms with E-state index >= 15 is 0 Å². The van der Waals surface area contributed by atoms with Gasteiger partial charge in [-0.25, -0.2) is 10.2 Å². The lowest BCUT2D eigenvalue weighted by atomic mass is 10.1. The van der Waals surface area contributed by atoms with Crippen LogP contribution in [0.2, 0.25) is 0 Å². The number of ether oxygens (including phenoxy) is 1. The maximum Gasteiger partial charge on any atom is 0.339 e. The summed E-state index contributed by atoms with van der Waals surface area (Å²) >= 11 is 3.38. The molecule has 0 aliphatic rings. The molecule has 154 valence electrons. The zero-order valence-corrected chi connectivity index (χ0v) is 18.6. The van der Waals surface area contributed by atoms with Crippen LogP contribution in [0.5, 0.6) is 0 Å². The summed E-state index contributed by atoms with van der Waals surface area (Å²) < 4.78 is 7.84. The quantitative estimate of drug-likeness (QED) is 0.333. The highest BCUT2D eigenvalue weighted by molar-refractivity contribution is 9.10. The third kappa shape index (κ3) is 4.86. The van der Waals surface area contributed by atoms with E-state index in [9.17, 15) is 9.59 Å². The fourth-order valence-corrected chi connectivity index (χ4v) is 3.51. The molecule has 1 N–H and O–H groups in total. The smallest absolute Gasteiger partial charge is 0.339 e. The number of halogens is 1. The summed E-state index contributed by atoms with van der Waals surface area (Å²) in [7, 11) is 1.36. The van der Waals surface area contributed by atoms with E-state index in [0.717, 1.165) is 32.7 Å². The minimum absolute atomic E-state index is 0.196. The molecule has 0 saturated carbocycles. The van der Waals surface area contributed by atoms with Gasteiger partial charge in [0.2, 0.25) is 5.91 Å². The zero-order valence-electron chi connectivity index (χ0n) is 17.0. The number of nitrogens with zero attached hydrogens (tertiary/aromatic N) is 2. The van der Waals surface area contributed by atoms with Crippen molar-refractivity contribution in [2.75, 3.05) is 7.11 Å². The topological polar surface area (TPSA) is 72.7 Å². The third-order valence-corrected chi connectivity index (χ3v) is 5.22. The number of amides is 1. The number of hydrogen-bond donors (Lipinski definition) is 1. The van der Waals surface area contributed by atoms with Crippen molar-refractivity contribution in [3.8, 4) is 5.69 Å². The number of rotatable bonds is 6. The van der Waals surface area contributed by atoms with Crippen LogP contribution in [-0.4, -0.2) is 29.8 Å². The molecule has 0 unspecified atom stereocenters. The molecule has 0 bridgehead atoms. The molecule has 7 heteroatoms. The zero-order chi connectivity index (χ0) is 21.7. The maximum absolute atomic E-state index is 12.1. The van der Waals surface area contributed by atoms with Crippen molar-refractivity contribution in [2.24, 2.45) is 5.10 Å². The van der Waals surface area contributed by atoms with E-state index in [1.807, 2.05) is 60.9 Å². The van der Waals surface area contributed by atoms with Crippen molar-refractivity contribution in [1.29, 1.82) is 0 Å². The van der Waals surface area contributed by atoms with Crippen LogP contribution < -0.4 is 5.43 Å². The molecule has 0 aliphatic carbocycles. The van der Waals surface area contributed by atoms with Gasteiger partial charge in [-0.2, -0.15) is 5.10 Å². The van der Waals surface area contributed by atoms with Gasteiger partial charge in [0.15, 0.2) is 0 Å². The second-order valence-electron chi connectivity index (χ2n) is 6.77. The Morgan fingerprint density at radius 1 is 1.13 bits per heavy atom. The average Bonchev–Trinajstić information content (AvgIpc) is 3.02. The monoisotopic (exact) mass is 467 g/mol. The predicted octanol–water partition coefficient (Wildman–Crippen LogP) is 4.34. The average molecular weight is 468 g/mol. The first kappa shape index (κ1) is 21.5. The SMILES string of the molecule is COC(=O)c1ccccc1-n1c(C)cc(/C=N\NC(=O)Cc2ccc(Br)cc2)c1C. The largest absolute Gasteiger partial charge is 0.465 e. The van der Waals surface area contributed by atoms with E-state index in [4.69, 9.17) is 4.74 Å². The number of hydrogen-bond acceptors (Lipinski definition) is 4. The summed E-state index contributed by atoms with van der Waals surface area (Å²) in [5.74, 6) is -0.591. The molecule has 3 aromatic rings. The van der Waals surface area contributed by atoms with Gasteiger partial charge in [-0.15, -0.1) is 0 Å². The van der Waals surface area contributed by atoms with Gasteiger partial charge >= 0.3 is 5.97 Å². The van der Waals surface area contributed by atoms with Crippen LogP contribution in [-0.2, 0) is 16.0 Å². The lowest BCUT2D eigenvalue weighted by molar-refractivity contribution is -0.120. The number of aromatic nitrogens is 1. The number of aryl methyl sites for hydroxylation is 1. The molecule has 6 nitrogen and oxygen atoms in total. The van der Waals surface area contributed by atoms with Crippen LogP contribution in [0.1, 0.15) is 32.9 Å². The minimum atomic E-state index is -0.395. The molecule has 0 fully saturated rings. The molecule has 2 aromatic carbocycles. The summed E-state index contributed by atoms with van der Waals surface area (Å²) in [6.07, 6.45) is 1.86. The van der Waals surface area contributed by atoms with Gasteiger partial charge < -0.3 is 9.30 Å². The Hall–Kier alpha value is -3.19. The summed E-state index contributed by atoms with van der Waals surface area (Å²) in [6, 6.07) is 16.8. The van der Waals surface area contributed by atoms with Crippen molar-refractivity contribution in [2.45, 2.75) is 20.3 Å². The van der Waals surface area contributed by atoms with Crippen LogP contribution in [0.3, 0.4) is 0 Å². The van der Waals surface area contributed by atoms with Gasteiger partial charge in [0.25, 0.3) is 0 Å². The van der Waals surface area contributed by atoms with Crippen molar-refractivity contribution in [3.63, 3.8) is 0 Å². The molecule has 1 aromatic heterocycles. The van der Waals surface area contributed by atoms with Crippen molar-refractivity contribution in [1.82, 2.24) is 9.99 Å². The van der Waals surface area contributed by atoms with Gasteiger partial charge in [-0.05, 0) is 49.7 Å². The van der Waals surface area contributed by atoms with Crippen molar-refractivity contribution >= 4 is 34.0 Å². The Labute approximate surface area is 183 Å². The van der Waals surface area contributed by atoms with Crippen molar-refractivity contribution in [3.05, 3.63) is 87.1 Å². The molecular weight excluding hydrogens is 446 g/mol. The number of carbonyl (C=O) groups excluding carboxylic acids is 2. The van der Waals surface area contributed by atoms with Crippen LogP contribution in [0.4, 0.5) is 0 Å². The molecule has 0 atom stereocenters. The summed E-state index contributed by atoms with van der Waals surface area (Å²) in [6.45, 7) is 3.89. The standard InChI is InChI=1S/C23H22BrN3O3/c1-15-12-18(14-25-26-22(28)13-17-8-10-19(24)11-9-17)16(2)27(15)21-7-5-4-6-20(21)23(29)30-3/h4-12,14H,13H2,1-3H3,(H,26,28)/b25-14-. The number of carbonyl (C=O) groups is 2. The highest BCUT2D eigenvalue weighted by Gasteiger charge is 2.17. The Morgan fingerprint density at radius 2 is 1.83 bits per heavy atom. The minimum Gasteiger partial charge on any atom is -0.465 e.